The first-order chi connectivity index (χ1) is 20.1. The Labute approximate surface area is 241 Å². The first kappa shape index (κ1) is 26.1. The number of phenolic OH excluding ortho intramolecular Hbond substituents is 1. The minimum atomic E-state index is -0.0239. The summed E-state index contributed by atoms with van der Waals surface area (Å²) in [5, 5.41) is 12.6. The number of benzene rings is 2. The lowest BCUT2D eigenvalue weighted by Crippen LogP contribution is -2.49. The van der Waals surface area contributed by atoms with E-state index in [1.165, 1.54) is 18.9 Å². The normalized spacial score (nSPS) is 21.3. The number of ether oxygens (including phenoxy) is 1. The third-order valence-electron chi connectivity index (χ3n) is 9.08. The number of hydrogen-bond donors (Lipinski definition) is 1. The van der Waals surface area contributed by atoms with Gasteiger partial charge in [-0.15, -0.1) is 0 Å². The topological polar surface area (TPSA) is 85.3 Å². The van der Waals surface area contributed by atoms with Crippen molar-refractivity contribution >= 4 is 28.2 Å². The number of aromatic nitrogens is 2. The van der Waals surface area contributed by atoms with Gasteiger partial charge in [-0.2, -0.15) is 9.97 Å². The van der Waals surface area contributed by atoms with Gasteiger partial charge in [-0.25, -0.2) is 0 Å². The number of piperazine rings is 1. The van der Waals surface area contributed by atoms with Gasteiger partial charge in [0.1, 0.15) is 11.6 Å². The maximum absolute atomic E-state index is 12.2. The predicted molar refractivity (Wildman–Crippen MR) is 160 cm³/mol. The minimum Gasteiger partial charge on any atom is -0.508 e. The average Bonchev–Trinajstić information content (AvgIpc) is 3.75. The Morgan fingerprint density at radius 1 is 1.02 bits per heavy atom. The summed E-state index contributed by atoms with van der Waals surface area (Å²) in [5.74, 6) is 1.68. The Hall–Kier alpha value is -3.85. The van der Waals surface area contributed by atoms with E-state index in [0.29, 0.717) is 51.3 Å². The van der Waals surface area contributed by atoms with Crippen LogP contribution in [-0.4, -0.2) is 89.2 Å². The maximum Gasteiger partial charge on any atom is 0.318 e. The zero-order valence-electron chi connectivity index (χ0n) is 23.5. The van der Waals surface area contributed by atoms with Crippen molar-refractivity contribution in [3.8, 4) is 11.8 Å². The van der Waals surface area contributed by atoms with Gasteiger partial charge in [0.2, 0.25) is 5.91 Å². The van der Waals surface area contributed by atoms with E-state index in [0.717, 1.165) is 72.1 Å². The molecule has 2 aromatic carbocycles. The standard InChI is InChI=1S/C32H38N6O3/c1-2-30(40)35-13-15-36(16-14-35)31-27-10-12-38(29-18-25(39)17-23-5-3-4-6-26(23)29)20-28(27)33-32(34-31)41-21-22-9-11-37(19-22)24-7-8-24/h2-6,17-18,22,24,39H,1,7-16,19-21H2/t22-/m0/s1. The fraction of sp³-hybridized carbons (Fsp3) is 0.469. The molecule has 1 atom stereocenters. The second-order valence-electron chi connectivity index (χ2n) is 11.8. The lowest BCUT2D eigenvalue weighted by molar-refractivity contribution is -0.126. The number of nitrogens with zero attached hydrogens (tertiary/aromatic N) is 6. The van der Waals surface area contributed by atoms with Gasteiger partial charge in [0.25, 0.3) is 0 Å². The summed E-state index contributed by atoms with van der Waals surface area (Å²) in [6.07, 6.45) is 6.01. The first-order valence-corrected chi connectivity index (χ1v) is 15.0. The molecule has 1 saturated carbocycles. The van der Waals surface area contributed by atoms with Gasteiger partial charge < -0.3 is 24.5 Å². The predicted octanol–water partition coefficient (Wildman–Crippen LogP) is 3.60. The Morgan fingerprint density at radius 2 is 1.85 bits per heavy atom. The summed E-state index contributed by atoms with van der Waals surface area (Å²) < 4.78 is 6.33. The second kappa shape index (κ2) is 10.9. The number of amides is 1. The molecule has 0 bridgehead atoms. The van der Waals surface area contributed by atoms with Crippen molar-refractivity contribution in [2.24, 2.45) is 5.92 Å². The second-order valence-corrected chi connectivity index (χ2v) is 11.8. The Morgan fingerprint density at radius 3 is 2.66 bits per heavy atom. The van der Waals surface area contributed by atoms with Gasteiger partial charge >= 0.3 is 6.01 Å². The van der Waals surface area contributed by atoms with Gasteiger partial charge in [-0.05, 0) is 49.8 Å². The molecule has 1 aliphatic carbocycles. The van der Waals surface area contributed by atoms with Crippen molar-refractivity contribution in [1.82, 2.24) is 19.8 Å². The number of fused-ring (bicyclic) bond motifs is 2. The van der Waals surface area contributed by atoms with Crippen molar-refractivity contribution in [3.05, 3.63) is 60.3 Å². The highest BCUT2D eigenvalue weighted by Crippen LogP contribution is 2.37. The molecule has 3 fully saturated rings. The molecule has 1 N–H and O–H groups in total. The molecule has 9 nitrogen and oxygen atoms in total. The number of aromatic hydroxyl groups is 1. The molecule has 0 unspecified atom stereocenters. The molecule has 1 aromatic heterocycles. The van der Waals surface area contributed by atoms with Crippen LogP contribution in [0.4, 0.5) is 11.5 Å². The highest BCUT2D eigenvalue weighted by atomic mass is 16.5. The highest BCUT2D eigenvalue weighted by molar-refractivity contribution is 5.95. The molecule has 41 heavy (non-hydrogen) atoms. The van der Waals surface area contributed by atoms with E-state index in [1.807, 2.05) is 35.2 Å². The van der Waals surface area contributed by atoms with Crippen molar-refractivity contribution < 1.29 is 14.6 Å². The average molecular weight is 555 g/mol. The number of rotatable bonds is 7. The molecule has 9 heteroatoms. The number of likely N-dealkylation sites (tertiary alicyclic amines) is 1. The summed E-state index contributed by atoms with van der Waals surface area (Å²) in [6, 6.07) is 13.1. The van der Waals surface area contributed by atoms with Crippen LogP contribution in [0.2, 0.25) is 0 Å². The molecule has 0 spiro atoms. The van der Waals surface area contributed by atoms with Crippen LogP contribution in [0.3, 0.4) is 0 Å². The zero-order valence-corrected chi connectivity index (χ0v) is 23.5. The van der Waals surface area contributed by atoms with Crippen LogP contribution in [-0.2, 0) is 17.8 Å². The molecule has 7 rings (SSSR count). The number of phenols is 1. The van der Waals surface area contributed by atoms with Crippen molar-refractivity contribution in [1.29, 1.82) is 0 Å². The fourth-order valence-corrected chi connectivity index (χ4v) is 6.69. The Balaban J connectivity index is 1.16. The number of carbonyl (C=O) groups is 1. The van der Waals surface area contributed by atoms with Crippen LogP contribution in [0.1, 0.15) is 30.5 Å². The van der Waals surface area contributed by atoms with E-state index in [2.05, 4.69) is 27.3 Å². The summed E-state index contributed by atoms with van der Waals surface area (Å²) >= 11 is 0. The first-order valence-electron chi connectivity index (χ1n) is 15.0. The number of anilines is 2. The summed E-state index contributed by atoms with van der Waals surface area (Å²) in [7, 11) is 0. The SMILES string of the molecule is C=CC(=O)N1CCN(c2nc(OC[C@H]3CCN(C4CC4)C3)nc3c2CCN(c2cc(O)cc4ccccc24)C3)CC1. The van der Waals surface area contributed by atoms with E-state index < -0.39 is 0 Å². The third kappa shape index (κ3) is 5.30. The largest absolute Gasteiger partial charge is 0.508 e. The number of hydrogen-bond acceptors (Lipinski definition) is 8. The highest BCUT2D eigenvalue weighted by Gasteiger charge is 2.35. The molecule has 1 amide bonds. The lowest BCUT2D eigenvalue weighted by Gasteiger charge is -2.38. The monoisotopic (exact) mass is 554 g/mol. The van der Waals surface area contributed by atoms with E-state index in [1.54, 1.807) is 0 Å². The van der Waals surface area contributed by atoms with Crippen LogP contribution in [0.5, 0.6) is 11.8 Å². The molecular weight excluding hydrogens is 516 g/mol. The van der Waals surface area contributed by atoms with E-state index in [4.69, 9.17) is 14.7 Å². The van der Waals surface area contributed by atoms with Gasteiger partial charge in [0.15, 0.2) is 0 Å². The van der Waals surface area contributed by atoms with Crippen molar-refractivity contribution in [3.63, 3.8) is 0 Å². The molecular formula is C32H38N6O3. The van der Waals surface area contributed by atoms with Crippen LogP contribution in [0.15, 0.2) is 49.1 Å². The van der Waals surface area contributed by atoms with Gasteiger partial charge in [0, 0.05) is 73.9 Å². The molecule has 3 aliphatic heterocycles. The van der Waals surface area contributed by atoms with E-state index in [9.17, 15) is 9.90 Å². The van der Waals surface area contributed by atoms with Crippen LogP contribution >= 0.6 is 0 Å². The Bertz CT molecular complexity index is 1470. The Kier molecular flexibility index (Phi) is 6.90. The van der Waals surface area contributed by atoms with E-state index in [-0.39, 0.29) is 11.7 Å². The summed E-state index contributed by atoms with van der Waals surface area (Å²) in [5.41, 5.74) is 3.14. The maximum atomic E-state index is 12.2. The third-order valence-corrected chi connectivity index (χ3v) is 9.08. The lowest BCUT2D eigenvalue weighted by atomic mass is 10.0. The molecule has 4 aliphatic rings. The summed E-state index contributed by atoms with van der Waals surface area (Å²) in [4.78, 5) is 31.2. The summed E-state index contributed by atoms with van der Waals surface area (Å²) in [6.45, 7) is 10.6. The van der Waals surface area contributed by atoms with Gasteiger partial charge in [-0.1, -0.05) is 30.8 Å². The van der Waals surface area contributed by atoms with Crippen LogP contribution in [0.25, 0.3) is 10.8 Å². The molecule has 2 saturated heterocycles. The molecule has 3 aromatic rings. The molecule has 0 radical (unpaired) electrons. The molecule has 4 heterocycles. The van der Waals surface area contributed by atoms with Gasteiger partial charge in [-0.3, -0.25) is 9.69 Å². The van der Waals surface area contributed by atoms with E-state index >= 15 is 0 Å². The fourth-order valence-electron chi connectivity index (χ4n) is 6.69. The zero-order chi connectivity index (χ0) is 27.9. The van der Waals surface area contributed by atoms with Crippen LogP contribution < -0.4 is 14.5 Å². The number of carbonyl (C=O) groups excluding carboxylic acids is 1. The van der Waals surface area contributed by atoms with Crippen molar-refractivity contribution in [2.75, 3.05) is 62.2 Å². The minimum absolute atomic E-state index is 0.0239. The van der Waals surface area contributed by atoms with Gasteiger partial charge in [0.05, 0.1) is 18.8 Å². The van der Waals surface area contributed by atoms with Crippen molar-refractivity contribution in [2.45, 2.75) is 38.3 Å². The smallest absolute Gasteiger partial charge is 0.318 e. The molecule has 214 valence electrons. The quantitative estimate of drug-likeness (QED) is 0.444. The van der Waals surface area contributed by atoms with Crippen LogP contribution in [0, 0.1) is 5.92 Å².